The van der Waals surface area contributed by atoms with E-state index >= 15 is 0 Å². The molecule has 1 amide bonds. The first-order valence-corrected chi connectivity index (χ1v) is 12.1. The Morgan fingerprint density at radius 1 is 1.06 bits per heavy atom. The van der Waals surface area contributed by atoms with E-state index < -0.39 is 26.1 Å². The lowest BCUT2D eigenvalue weighted by Crippen LogP contribution is -2.24. The summed E-state index contributed by atoms with van der Waals surface area (Å²) in [6, 6.07) is 17.6. The summed E-state index contributed by atoms with van der Waals surface area (Å²) in [5.41, 5.74) is 1.08. The number of anilines is 1. The van der Waals surface area contributed by atoms with Crippen LogP contribution >= 0.6 is 11.6 Å². The zero-order valence-electron chi connectivity index (χ0n) is 18.4. The molecule has 1 heterocycles. The number of amides is 1. The normalized spacial score (nSPS) is 11.4. The number of halogens is 1. The lowest BCUT2D eigenvalue weighted by molar-refractivity contribution is -0.116. The van der Waals surface area contributed by atoms with E-state index in [4.69, 9.17) is 16.3 Å². The van der Waals surface area contributed by atoms with Gasteiger partial charge in [-0.15, -0.1) is 0 Å². The molecule has 1 N–H and O–H groups in total. The Morgan fingerprint density at radius 3 is 2.47 bits per heavy atom. The van der Waals surface area contributed by atoms with Gasteiger partial charge in [0, 0.05) is 16.6 Å². The SMILES string of the molecule is COc1ccccc1NC(=O)Cn1cc(S(=O)(=O)c2ccc(Cl)cc2)c(=O)c2cc(C)ccc21. The second kappa shape index (κ2) is 9.32. The highest BCUT2D eigenvalue weighted by atomic mass is 35.5. The van der Waals surface area contributed by atoms with Crippen LogP contribution in [0.1, 0.15) is 5.56 Å². The molecule has 9 heteroatoms. The number of sulfone groups is 1. The van der Waals surface area contributed by atoms with Crippen molar-refractivity contribution in [1.29, 1.82) is 0 Å². The number of aromatic nitrogens is 1. The van der Waals surface area contributed by atoms with Crippen molar-refractivity contribution in [2.24, 2.45) is 0 Å². The summed E-state index contributed by atoms with van der Waals surface area (Å²) in [6.07, 6.45) is 1.21. The van der Waals surface area contributed by atoms with E-state index in [9.17, 15) is 18.0 Å². The van der Waals surface area contributed by atoms with Crippen LogP contribution in [0.4, 0.5) is 5.69 Å². The number of carbonyl (C=O) groups excluding carboxylic acids is 1. The highest BCUT2D eigenvalue weighted by Gasteiger charge is 2.24. The van der Waals surface area contributed by atoms with Crippen LogP contribution in [0.3, 0.4) is 0 Å². The minimum atomic E-state index is -4.16. The number of pyridine rings is 1. The predicted molar refractivity (Wildman–Crippen MR) is 131 cm³/mol. The van der Waals surface area contributed by atoms with Crippen molar-refractivity contribution < 1.29 is 17.9 Å². The number of para-hydroxylation sites is 2. The van der Waals surface area contributed by atoms with Gasteiger partial charge < -0.3 is 14.6 Å². The molecule has 4 rings (SSSR count). The first-order chi connectivity index (χ1) is 16.2. The minimum absolute atomic E-state index is 0.0639. The number of carbonyl (C=O) groups is 1. The number of nitrogens with one attached hydrogen (secondary N) is 1. The fraction of sp³-hybridized carbons (Fsp3) is 0.120. The van der Waals surface area contributed by atoms with E-state index in [1.54, 1.807) is 49.4 Å². The standard InChI is InChI=1S/C25H21ClN2O5S/c1-16-7-12-21-19(13-16)25(30)23(34(31,32)18-10-8-17(26)9-11-18)14-28(21)15-24(29)27-20-5-3-4-6-22(20)33-2/h3-14H,15H2,1-2H3,(H,27,29). The minimum Gasteiger partial charge on any atom is -0.495 e. The van der Waals surface area contributed by atoms with E-state index in [0.29, 0.717) is 22.0 Å². The molecular weight excluding hydrogens is 476 g/mol. The quantitative estimate of drug-likeness (QED) is 0.426. The maximum Gasteiger partial charge on any atom is 0.244 e. The van der Waals surface area contributed by atoms with Crippen molar-refractivity contribution in [2.45, 2.75) is 23.3 Å². The lowest BCUT2D eigenvalue weighted by Gasteiger charge is -2.15. The second-order valence-electron chi connectivity index (χ2n) is 7.68. The van der Waals surface area contributed by atoms with Crippen LogP contribution in [-0.4, -0.2) is 26.0 Å². The van der Waals surface area contributed by atoms with Crippen LogP contribution < -0.4 is 15.5 Å². The number of ether oxygens (including phenoxy) is 1. The van der Waals surface area contributed by atoms with Crippen LogP contribution in [0.15, 0.2) is 87.5 Å². The molecule has 0 bridgehead atoms. The van der Waals surface area contributed by atoms with Crippen LogP contribution in [0.25, 0.3) is 10.9 Å². The number of aryl methyl sites for hydroxylation is 1. The zero-order valence-corrected chi connectivity index (χ0v) is 20.0. The number of hydrogen-bond acceptors (Lipinski definition) is 5. The maximum atomic E-state index is 13.3. The summed E-state index contributed by atoms with van der Waals surface area (Å²) >= 11 is 5.89. The summed E-state index contributed by atoms with van der Waals surface area (Å²) in [4.78, 5) is 25.6. The number of hydrogen-bond donors (Lipinski definition) is 1. The number of rotatable bonds is 6. The fourth-order valence-corrected chi connectivity index (χ4v) is 5.13. The van der Waals surface area contributed by atoms with E-state index in [1.165, 1.54) is 42.1 Å². The van der Waals surface area contributed by atoms with E-state index in [1.807, 2.05) is 0 Å². The van der Waals surface area contributed by atoms with Gasteiger partial charge in [-0.05, 0) is 55.5 Å². The third-order valence-electron chi connectivity index (χ3n) is 5.31. The number of methoxy groups -OCH3 is 1. The van der Waals surface area contributed by atoms with Crippen molar-refractivity contribution in [3.05, 3.63) is 93.7 Å². The van der Waals surface area contributed by atoms with Crippen molar-refractivity contribution in [3.8, 4) is 5.75 Å². The monoisotopic (exact) mass is 496 g/mol. The number of fused-ring (bicyclic) bond motifs is 1. The van der Waals surface area contributed by atoms with Gasteiger partial charge in [0.1, 0.15) is 17.2 Å². The highest BCUT2D eigenvalue weighted by molar-refractivity contribution is 7.91. The summed E-state index contributed by atoms with van der Waals surface area (Å²) < 4.78 is 33.4. The van der Waals surface area contributed by atoms with Crippen LogP contribution in [0, 0.1) is 6.92 Å². The Hall–Kier alpha value is -3.62. The summed E-state index contributed by atoms with van der Waals surface area (Å²) in [6.45, 7) is 1.58. The van der Waals surface area contributed by atoms with Gasteiger partial charge in [-0.3, -0.25) is 9.59 Å². The first-order valence-electron chi connectivity index (χ1n) is 10.3. The molecule has 0 spiro atoms. The molecule has 0 aliphatic heterocycles. The number of benzene rings is 3. The summed E-state index contributed by atoms with van der Waals surface area (Å²) in [5.74, 6) is 0.0760. The van der Waals surface area contributed by atoms with Crippen LogP contribution in [-0.2, 0) is 21.2 Å². The van der Waals surface area contributed by atoms with E-state index in [2.05, 4.69) is 5.32 Å². The molecule has 7 nitrogen and oxygen atoms in total. The van der Waals surface area contributed by atoms with Crippen molar-refractivity contribution >= 4 is 43.9 Å². The second-order valence-corrected chi connectivity index (χ2v) is 10.0. The van der Waals surface area contributed by atoms with Crippen molar-refractivity contribution in [2.75, 3.05) is 12.4 Å². The third-order valence-corrected chi connectivity index (χ3v) is 7.33. The summed E-state index contributed by atoms with van der Waals surface area (Å²) in [7, 11) is -2.67. The molecule has 34 heavy (non-hydrogen) atoms. The van der Waals surface area contributed by atoms with Crippen LogP contribution in [0.2, 0.25) is 5.02 Å². The molecule has 1 aromatic heterocycles. The molecule has 0 aliphatic rings. The highest BCUT2D eigenvalue weighted by Crippen LogP contribution is 2.25. The first kappa shape index (κ1) is 23.5. The molecule has 174 valence electrons. The molecule has 0 aliphatic carbocycles. The van der Waals surface area contributed by atoms with Gasteiger partial charge >= 0.3 is 0 Å². The molecule has 0 unspecified atom stereocenters. The molecule has 0 atom stereocenters. The number of nitrogens with zero attached hydrogens (tertiary/aromatic N) is 1. The Kier molecular flexibility index (Phi) is 6.45. The largest absolute Gasteiger partial charge is 0.495 e. The zero-order chi connectivity index (χ0) is 24.5. The topological polar surface area (TPSA) is 94.5 Å². The smallest absolute Gasteiger partial charge is 0.244 e. The maximum absolute atomic E-state index is 13.3. The molecule has 0 radical (unpaired) electrons. The fourth-order valence-electron chi connectivity index (χ4n) is 3.64. The molecule has 0 saturated heterocycles. The van der Waals surface area contributed by atoms with Gasteiger partial charge in [-0.2, -0.15) is 0 Å². The van der Waals surface area contributed by atoms with Gasteiger partial charge in [0.25, 0.3) is 0 Å². The van der Waals surface area contributed by atoms with E-state index in [0.717, 1.165) is 5.56 Å². The molecule has 3 aromatic carbocycles. The van der Waals surface area contributed by atoms with Gasteiger partial charge in [0.05, 0.1) is 23.2 Å². The predicted octanol–water partition coefficient (Wildman–Crippen LogP) is 4.44. The Balaban J connectivity index is 1.82. The summed E-state index contributed by atoms with van der Waals surface area (Å²) in [5, 5.41) is 3.35. The van der Waals surface area contributed by atoms with Crippen molar-refractivity contribution in [1.82, 2.24) is 4.57 Å². The Labute approximate surface area is 201 Å². The molecule has 0 saturated carbocycles. The van der Waals surface area contributed by atoms with Gasteiger partial charge in [0.2, 0.25) is 21.2 Å². The van der Waals surface area contributed by atoms with Gasteiger partial charge in [-0.25, -0.2) is 8.42 Å². The molecule has 0 fully saturated rings. The van der Waals surface area contributed by atoms with E-state index in [-0.39, 0.29) is 16.8 Å². The van der Waals surface area contributed by atoms with Crippen molar-refractivity contribution in [3.63, 3.8) is 0 Å². The Morgan fingerprint density at radius 2 is 1.76 bits per heavy atom. The average Bonchev–Trinajstić information content (AvgIpc) is 2.81. The van der Waals surface area contributed by atoms with Gasteiger partial charge in [0.15, 0.2) is 0 Å². The molecular formula is C25H21ClN2O5S. The molecule has 4 aromatic rings. The third kappa shape index (κ3) is 4.55. The van der Waals surface area contributed by atoms with Gasteiger partial charge in [-0.1, -0.05) is 35.4 Å². The Bertz CT molecular complexity index is 1560. The van der Waals surface area contributed by atoms with Crippen LogP contribution in [0.5, 0.6) is 5.75 Å². The lowest BCUT2D eigenvalue weighted by atomic mass is 10.1. The average molecular weight is 497 g/mol.